The van der Waals surface area contributed by atoms with Gasteiger partial charge in [0, 0.05) is 30.0 Å². The molecule has 4 aliphatic carbocycles. The van der Waals surface area contributed by atoms with Crippen molar-refractivity contribution >= 4 is 0 Å². The molecule has 2 spiro atoms. The molecule has 6 rings (SSSR count). The van der Waals surface area contributed by atoms with Crippen molar-refractivity contribution < 1.29 is 20.1 Å². The standard InChI is InChI=1S/C22H29NO4/c1-27-16-5-4-14-7-21-12-20(17(14)6-16)9-18(25)15(11-24)8-22(20,26)19(21)23(21)10-13-2-3-13/h4-6,13,15,18-19,24-26H,2-3,7-12H2,1H3. The van der Waals surface area contributed by atoms with Gasteiger partial charge in [-0.15, -0.1) is 0 Å². The van der Waals surface area contributed by atoms with Gasteiger partial charge in [0.2, 0.25) is 0 Å². The number of hydrogen-bond acceptors (Lipinski definition) is 5. The first-order valence-electron chi connectivity index (χ1n) is 10.4. The van der Waals surface area contributed by atoms with Crippen molar-refractivity contribution in [2.45, 2.75) is 67.2 Å². The fraction of sp³-hybridized carbons (Fsp3) is 0.727. The Morgan fingerprint density at radius 3 is 2.78 bits per heavy atom. The summed E-state index contributed by atoms with van der Waals surface area (Å²) in [4.78, 5) is 2.57. The highest BCUT2D eigenvalue weighted by Gasteiger charge is 2.85. The highest BCUT2D eigenvalue weighted by Crippen LogP contribution is 2.74. The predicted molar refractivity (Wildman–Crippen MR) is 99.7 cm³/mol. The van der Waals surface area contributed by atoms with Gasteiger partial charge in [-0.2, -0.15) is 0 Å². The third-order valence-corrected chi connectivity index (χ3v) is 8.60. The summed E-state index contributed by atoms with van der Waals surface area (Å²) < 4.78 is 5.49. The van der Waals surface area contributed by atoms with Gasteiger partial charge in [0.15, 0.2) is 0 Å². The minimum atomic E-state index is -0.883. The summed E-state index contributed by atoms with van der Waals surface area (Å²) in [5, 5.41) is 32.8. The number of aliphatic hydroxyl groups excluding tert-OH is 2. The quantitative estimate of drug-likeness (QED) is 0.694. The Kier molecular flexibility index (Phi) is 3.15. The van der Waals surface area contributed by atoms with Crippen LogP contribution in [-0.2, 0) is 11.8 Å². The second kappa shape index (κ2) is 5.07. The molecule has 3 N–H and O–H groups in total. The molecular formula is C22H29NO4. The minimum absolute atomic E-state index is 0.0446. The second-order valence-corrected chi connectivity index (χ2v) is 9.90. The molecule has 27 heavy (non-hydrogen) atoms. The van der Waals surface area contributed by atoms with Crippen LogP contribution in [0.15, 0.2) is 18.2 Å². The van der Waals surface area contributed by atoms with Gasteiger partial charge in [0.25, 0.3) is 0 Å². The van der Waals surface area contributed by atoms with Gasteiger partial charge >= 0.3 is 0 Å². The Hall–Kier alpha value is -1.14. The normalized spacial score (nSPS) is 49.2. The molecule has 3 saturated carbocycles. The third-order valence-electron chi connectivity index (χ3n) is 8.60. The minimum Gasteiger partial charge on any atom is -0.497 e. The Labute approximate surface area is 159 Å². The van der Waals surface area contributed by atoms with Gasteiger partial charge in [0.1, 0.15) is 5.75 Å². The van der Waals surface area contributed by atoms with E-state index >= 15 is 0 Å². The zero-order valence-corrected chi connectivity index (χ0v) is 15.9. The van der Waals surface area contributed by atoms with E-state index in [-0.39, 0.29) is 24.1 Å². The summed E-state index contributed by atoms with van der Waals surface area (Å²) >= 11 is 0. The Morgan fingerprint density at radius 1 is 1.26 bits per heavy atom. The maximum absolute atomic E-state index is 12.2. The second-order valence-electron chi connectivity index (χ2n) is 9.90. The van der Waals surface area contributed by atoms with E-state index in [0.717, 1.165) is 31.1 Å². The van der Waals surface area contributed by atoms with Crippen LogP contribution >= 0.6 is 0 Å². The van der Waals surface area contributed by atoms with Gasteiger partial charge in [-0.25, -0.2) is 0 Å². The maximum Gasteiger partial charge on any atom is 0.119 e. The Bertz CT molecular complexity index is 810. The summed E-state index contributed by atoms with van der Waals surface area (Å²) in [7, 11) is 1.68. The summed E-state index contributed by atoms with van der Waals surface area (Å²) in [6, 6.07) is 6.44. The molecule has 1 aromatic carbocycles. The number of hydrogen-bond donors (Lipinski definition) is 3. The lowest BCUT2D eigenvalue weighted by atomic mass is 9.55. The van der Waals surface area contributed by atoms with E-state index < -0.39 is 17.1 Å². The van der Waals surface area contributed by atoms with E-state index in [9.17, 15) is 15.3 Å². The van der Waals surface area contributed by atoms with Crippen LogP contribution in [0, 0.1) is 11.8 Å². The fourth-order valence-electron chi connectivity index (χ4n) is 7.25. The van der Waals surface area contributed by atoms with Gasteiger partial charge in [-0.1, -0.05) is 6.07 Å². The molecule has 0 amide bonds. The first kappa shape index (κ1) is 16.8. The van der Waals surface area contributed by atoms with Gasteiger partial charge in [-0.3, -0.25) is 4.90 Å². The van der Waals surface area contributed by atoms with Crippen LogP contribution in [0.4, 0.5) is 0 Å². The molecule has 7 atom stereocenters. The van der Waals surface area contributed by atoms with Crippen LogP contribution in [0.5, 0.6) is 5.75 Å². The zero-order valence-electron chi connectivity index (χ0n) is 15.9. The molecular weight excluding hydrogens is 342 g/mol. The van der Waals surface area contributed by atoms with E-state index in [4.69, 9.17) is 4.74 Å². The first-order valence-corrected chi connectivity index (χ1v) is 10.4. The molecule has 0 radical (unpaired) electrons. The largest absolute Gasteiger partial charge is 0.497 e. The van der Waals surface area contributed by atoms with E-state index in [2.05, 4.69) is 17.0 Å². The Morgan fingerprint density at radius 2 is 2.07 bits per heavy atom. The molecule has 146 valence electrons. The molecule has 1 aliphatic heterocycles. The average molecular weight is 371 g/mol. The number of fused-ring (bicyclic) bond motifs is 2. The fourth-order valence-corrected chi connectivity index (χ4v) is 7.25. The predicted octanol–water partition coefficient (Wildman–Crippen LogP) is 1.22. The number of methoxy groups -OCH3 is 1. The lowest BCUT2D eigenvalue weighted by molar-refractivity contribution is -0.134. The van der Waals surface area contributed by atoms with Crippen molar-refractivity contribution in [3.05, 3.63) is 29.3 Å². The highest BCUT2D eigenvalue weighted by atomic mass is 16.5. The van der Waals surface area contributed by atoms with Gasteiger partial charge in [0.05, 0.1) is 24.9 Å². The molecule has 5 heteroatoms. The number of benzene rings is 1. The van der Waals surface area contributed by atoms with Crippen LogP contribution < -0.4 is 4.74 Å². The van der Waals surface area contributed by atoms with Crippen molar-refractivity contribution in [1.29, 1.82) is 0 Å². The SMILES string of the molecule is COc1ccc2c(c1)C13CC(O)C(CO)CC1(O)C1N(CC4CC4)C1(C2)C3. The molecule has 5 aliphatic rings. The van der Waals surface area contributed by atoms with Crippen molar-refractivity contribution in [2.24, 2.45) is 11.8 Å². The summed E-state index contributed by atoms with van der Waals surface area (Å²) in [6.45, 7) is 1.04. The molecule has 5 nitrogen and oxygen atoms in total. The monoisotopic (exact) mass is 371 g/mol. The van der Waals surface area contributed by atoms with Crippen molar-refractivity contribution in [1.82, 2.24) is 4.90 Å². The Balaban J connectivity index is 1.50. The van der Waals surface area contributed by atoms with E-state index in [1.54, 1.807) is 7.11 Å². The topological polar surface area (TPSA) is 72.9 Å². The average Bonchev–Trinajstić information content (AvgIpc) is 3.56. The van der Waals surface area contributed by atoms with Crippen LogP contribution in [0.25, 0.3) is 0 Å². The summed E-state index contributed by atoms with van der Waals surface area (Å²) in [6.07, 6.45) is 4.97. The smallest absolute Gasteiger partial charge is 0.119 e. The van der Waals surface area contributed by atoms with Crippen molar-refractivity contribution in [3.8, 4) is 5.75 Å². The highest BCUT2D eigenvalue weighted by molar-refractivity contribution is 5.56. The van der Waals surface area contributed by atoms with Crippen LogP contribution in [0.1, 0.15) is 43.2 Å². The molecule has 7 unspecified atom stereocenters. The van der Waals surface area contributed by atoms with Crippen LogP contribution in [0.2, 0.25) is 0 Å². The first-order chi connectivity index (χ1) is 13.0. The summed E-state index contributed by atoms with van der Waals surface area (Å²) in [5.74, 6) is 1.37. The van der Waals surface area contributed by atoms with Crippen LogP contribution in [0.3, 0.4) is 0 Å². The number of ether oxygens (including phenoxy) is 1. The molecule has 1 heterocycles. The van der Waals surface area contributed by atoms with Crippen LogP contribution in [-0.4, -0.2) is 63.8 Å². The number of rotatable bonds is 4. The third kappa shape index (κ3) is 1.89. The lowest BCUT2D eigenvalue weighted by Crippen LogP contribution is -2.62. The number of piperidine rings is 1. The maximum atomic E-state index is 12.2. The zero-order chi connectivity index (χ0) is 18.6. The van der Waals surface area contributed by atoms with E-state index in [1.165, 1.54) is 24.0 Å². The molecule has 4 fully saturated rings. The van der Waals surface area contributed by atoms with Gasteiger partial charge < -0.3 is 20.1 Å². The number of aliphatic hydroxyl groups is 3. The van der Waals surface area contributed by atoms with Crippen molar-refractivity contribution in [2.75, 3.05) is 20.3 Å². The molecule has 1 aromatic rings. The molecule has 2 bridgehead atoms. The van der Waals surface area contributed by atoms with E-state index in [1.807, 2.05) is 6.07 Å². The molecule has 1 saturated heterocycles. The van der Waals surface area contributed by atoms with Gasteiger partial charge in [-0.05, 0) is 67.7 Å². The summed E-state index contributed by atoms with van der Waals surface area (Å²) in [5.41, 5.74) is 1.21. The number of nitrogens with zero attached hydrogens (tertiary/aromatic N) is 1. The van der Waals surface area contributed by atoms with Crippen molar-refractivity contribution in [3.63, 3.8) is 0 Å². The number of likely N-dealkylation sites (tertiary alicyclic amines) is 1. The lowest BCUT2D eigenvalue weighted by Gasteiger charge is -2.54. The molecule has 0 aromatic heterocycles. The van der Waals surface area contributed by atoms with E-state index in [0.29, 0.717) is 12.8 Å².